The molecule has 0 atom stereocenters. The van der Waals surface area contributed by atoms with Crippen LogP contribution in [0.15, 0.2) is 300 Å². The van der Waals surface area contributed by atoms with E-state index in [1.807, 2.05) is 0 Å². The number of rotatable bonds is 10. The van der Waals surface area contributed by atoms with Gasteiger partial charge in [-0.2, -0.15) is 0 Å². The van der Waals surface area contributed by atoms with Crippen LogP contribution >= 0.6 is 0 Å². The van der Waals surface area contributed by atoms with Crippen molar-refractivity contribution in [3.05, 3.63) is 302 Å². The summed E-state index contributed by atoms with van der Waals surface area (Å²) in [6.45, 7) is 4.40. The topological polar surface area (TPSA) is 32.8 Å². The summed E-state index contributed by atoms with van der Waals surface area (Å²) in [6, 6.07) is 106. The standard InChI is InChI=1S/C82H54N2O2/c1-51-41-45-65-61-37-21-23-39-69(61)85-81(65)79(51)83(57-33-17-7-18-34-57)59-43-47-63-67(49-59)73(55-29-13-5-14-30-55)77-75(71(63)53-25-9-3-10-26-53)76-72(54-27-11-4-12-28-54)64-48-44-60(50-68(64)74(78(76)77)56-31-15-6-16-32-56)84(58-35-19-8-20-36-58)80-52(2)42-46-66-62-38-22-24-40-70(62)86-82(66)80/h3-50H,1-2H3. The Labute approximate surface area is 498 Å². The van der Waals surface area contributed by atoms with Gasteiger partial charge >= 0.3 is 0 Å². The molecule has 0 saturated heterocycles. The predicted molar refractivity (Wildman–Crippen MR) is 361 cm³/mol. The van der Waals surface area contributed by atoms with E-state index in [4.69, 9.17) is 8.83 Å². The zero-order valence-corrected chi connectivity index (χ0v) is 47.4. The van der Waals surface area contributed by atoms with Gasteiger partial charge in [0.25, 0.3) is 0 Å². The van der Waals surface area contributed by atoms with Crippen molar-refractivity contribution in [1.82, 2.24) is 0 Å². The maximum absolute atomic E-state index is 6.93. The summed E-state index contributed by atoms with van der Waals surface area (Å²) in [7, 11) is 0. The molecular weight excluding hydrogens is 1040 g/mol. The van der Waals surface area contributed by atoms with Gasteiger partial charge in [0.05, 0.1) is 11.4 Å². The molecular formula is C82H54N2O2. The normalized spacial score (nSPS) is 11.8. The number of para-hydroxylation sites is 4. The van der Waals surface area contributed by atoms with Crippen LogP contribution in [0.4, 0.5) is 34.1 Å². The molecule has 4 heteroatoms. The molecule has 0 bridgehead atoms. The van der Waals surface area contributed by atoms with E-state index >= 15 is 0 Å². The smallest absolute Gasteiger partial charge is 0.159 e. The van der Waals surface area contributed by atoms with Crippen molar-refractivity contribution in [2.45, 2.75) is 13.8 Å². The molecule has 0 amide bonds. The number of furan rings is 2. The average Bonchev–Trinajstić information content (AvgIpc) is 0.828. The largest absolute Gasteiger partial charge is 0.454 e. The van der Waals surface area contributed by atoms with Crippen LogP contribution in [-0.2, 0) is 0 Å². The molecule has 1 aliphatic rings. The first-order chi connectivity index (χ1) is 42.6. The van der Waals surface area contributed by atoms with Gasteiger partial charge in [-0.25, -0.2) is 0 Å². The van der Waals surface area contributed by atoms with E-state index in [1.54, 1.807) is 0 Å². The minimum absolute atomic E-state index is 0.858. The molecule has 0 spiro atoms. The van der Waals surface area contributed by atoms with Crippen LogP contribution in [0.3, 0.4) is 0 Å². The fourth-order valence-corrected chi connectivity index (χ4v) is 14.1. The number of hydrogen-bond donors (Lipinski definition) is 0. The second kappa shape index (κ2) is 19.7. The molecule has 404 valence electrons. The lowest BCUT2D eigenvalue weighted by Gasteiger charge is -2.38. The summed E-state index contributed by atoms with van der Waals surface area (Å²) in [5.74, 6) is 0. The maximum atomic E-state index is 6.93. The average molecular weight is 1100 g/mol. The van der Waals surface area contributed by atoms with Crippen LogP contribution in [0.2, 0.25) is 0 Å². The summed E-state index contributed by atoms with van der Waals surface area (Å²) in [4.78, 5) is 4.82. The predicted octanol–water partition coefficient (Wildman–Crippen LogP) is 23.7. The van der Waals surface area contributed by atoms with E-state index in [-0.39, 0.29) is 0 Å². The number of fused-ring (bicyclic) bond motifs is 12. The lowest BCUT2D eigenvalue weighted by atomic mass is 9.65. The van der Waals surface area contributed by atoms with Crippen LogP contribution in [-0.4, -0.2) is 0 Å². The molecule has 0 fully saturated rings. The molecule has 2 heterocycles. The highest BCUT2D eigenvalue weighted by Gasteiger charge is 2.39. The Bertz CT molecular complexity index is 5010. The molecule has 16 aromatic rings. The number of aryl methyl sites for hydroxylation is 2. The van der Waals surface area contributed by atoms with Gasteiger partial charge in [0.15, 0.2) is 11.2 Å². The van der Waals surface area contributed by atoms with E-state index in [1.165, 1.54) is 66.4 Å². The van der Waals surface area contributed by atoms with Crippen molar-refractivity contribution >= 4 is 99.5 Å². The van der Waals surface area contributed by atoms with Gasteiger partial charge in [0, 0.05) is 44.3 Å². The molecule has 1 aliphatic carbocycles. The van der Waals surface area contributed by atoms with Crippen molar-refractivity contribution in [3.8, 4) is 66.8 Å². The third-order valence-corrected chi connectivity index (χ3v) is 17.8. The third kappa shape index (κ3) is 7.56. The Kier molecular flexibility index (Phi) is 11.3. The molecule has 0 N–H and O–H groups in total. The van der Waals surface area contributed by atoms with Crippen molar-refractivity contribution in [1.29, 1.82) is 0 Å². The molecule has 0 radical (unpaired) electrons. The van der Waals surface area contributed by atoms with Crippen LogP contribution < -0.4 is 9.80 Å². The lowest BCUT2D eigenvalue weighted by molar-refractivity contribution is 0.668. The van der Waals surface area contributed by atoms with Crippen molar-refractivity contribution in [2.75, 3.05) is 9.80 Å². The van der Waals surface area contributed by atoms with Crippen molar-refractivity contribution < 1.29 is 8.83 Å². The number of anilines is 6. The van der Waals surface area contributed by atoms with E-state index < -0.39 is 0 Å². The Balaban J connectivity index is 1.01. The van der Waals surface area contributed by atoms with Gasteiger partial charge in [0.2, 0.25) is 0 Å². The third-order valence-electron chi connectivity index (χ3n) is 17.8. The van der Waals surface area contributed by atoms with Crippen molar-refractivity contribution in [2.24, 2.45) is 0 Å². The maximum Gasteiger partial charge on any atom is 0.159 e. The number of benzene rings is 14. The highest BCUT2D eigenvalue weighted by molar-refractivity contribution is 6.33. The van der Waals surface area contributed by atoms with Crippen LogP contribution in [0.25, 0.3) is 132 Å². The highest BCUT2D eigenvalue weighted by atomic mass is 16.3. The Hall–Kier alpha value is -11.2. The molecule has 0 saturated carbocycles. The van der Waals surface area contributed by atoms with Gasteiger partial charge < -0.3 is 18.6 Å². The zero-order valence-electron chi connectivity index (χ0n) is 47.4. The van der Waals surface area contributed by atoms with E-state index in [2.05, 4.69) is 315 Å². The van der Waals surface area contributed by atoms with Crippen LogP contribution in [0.1, 0.15) is 11.1 Å². The highest BCUT2D eigenvalue weighted by Crippen LogP contribution is 2.66. The fraction of sp³-hybridized carbons (Fsp3) is 0.0244. The minimum atomic E-state index is 0.858. The number of nitrogens with zero attached hydrogens (tertiary/aromatic N) is 2. The van der Waals surface area contributed by atoms with Crippen LogP contribution in [0, 0.1) is 13.8 Å². The van der Waals surface area contributed by atoms with E-state index in [0.29, 0.717) is 0 Å². The Morgan fingerprint density at radius 3 is 0.860 bits per heavy atom. The Morgan fingerprint density at radius 2 is 0.512 bits per heavy atom. The van der Waals surface area contributed by atoms with Crippen LogP contribution in [0.5, 0.6) is 0 Å². The van der Waals surface area contributed by atoms with Gasteiger partial charge in [-0.3, -0.25) is 0 Å². The minimum Gasteiger partial charge on any atom is -0.454 e. The monoisotopic (exact) mass is 1100 g/mol. The second-order valence-electron chi connectivity index (χ2n) is 22.7. The van der Waals surface area contributed by atoms with Gasteiger partial charge in [0.1, 0.15) is 11.2 Å². The molecule has 14 aromatic carbocycles. The first-order valence-electron chi connectivity index (χ1n) is 29.6. The van der Waals surface area contributed by atoms with Crippen molar-refractivity contribution in [3.63, 3.8) is 0 Å². The lowest BCUT2D eigenvalue weighted by Crippen LogP contribution is -2.13. The summed E-state index contributed by atoms with van der Waals surface area (Å²) >= 11 is 0. The number of hydrogen-bond acceptors (Lipinski definition) is 4. The summed E-state index contributed by atoms with van der Waals surface area (Å²) < 4.78 is 13.9. The summed E-state index contributed by atoms with van der Waals surface area (Å²) in [6.07, 6.45) is 0. The molecule has 4 nitrogen and oxygen atoms in total. The molecule has 86 heavy (non-hydrogen) atoms. The first-order valence-corrected chi connectivity index (χ1v) is 29.6. The molecule has 0 unspecified atom stereocenters. The Morgan fingerprint density at radius 1 is 0.221 bits per heavy atom. The van der Waals surface area contributed by atoms with E-state index in [9.17, 15) is 0 Å². The molecule has 17 rings (SSSR count). The quantitative estimate of drug-likeness (QED) is 0.137. The summed E-state index contributed by atoms with van der Waals surface area (Å²) in [5, 5.41) is 9.05. The SMILES string of the molecule is Cc1ccc2c(oc3ccccc32)c1N(c1ccccc1)c1ccc2c(-c3ccccc3)c3c(c(-c4ccccc4)c2c1)-c1c-3c(-c2ccccc2)c2ccc(N(c3ccccc3)c3c(C)ccc4c3oc3ccccc34)cc2c1-c1ccccc1. The molecule has 2 aromatic heterocycles. The fourth-order valence-electron chi connectivity index (χ4n) is 14.1. The van der Waals surface area contributed by atoms with Gasteiger partial charge in [-0.15, -0.1) is 0 Å². The van der Waals surface area contributed by atoms with Gasteiger partial charge in [-0.05, 0) is 174 Å². The second-order valence-corrected chi connectivity index (χ2v) is 22.7. The van der Waals surface area contributed by atoms with E-state index in [0.717, 1.165) is 111 Å². The van der Waals surface area contributed by atoms with Gasteiger partial charge in [-0.1, -0.05) is 231 Å². The molecule has 0 aliphatic heterocycles. The summed E-state index contributed by atoms with van der Waals surface area (Å²) in [5.41, 5.74) is 26.3. The zero-order chi connectivity index (χ0) is 57.0. The first kappa shape index (κ1) is 49.4.